The molecule has 0 bridgehead atoms. The zero-order chi connectivity index (χ0) is 24.9. The van der Waals surface area contributed by atoms with Crippen molar-refractivity contribution >= 4 is 117 Å². The topological polar surface area (TPSA) is 37.4 Å². The second-order valence-electron chi connectivity index (χ2n) is 8.94. The molecule has 0 saturated carbocycles. The van der Waals surface area contributed by atoms with Gasteiger partial charge in [0.2, 0.25) is 0 Å². The van der Waals surface area contributed by atoms with Gasteiger partial charge >= 0.3 is 0 Å². The van der Waals surface area contributed by atoms with Gasteiger partial charge in [-0.3, -0.25) is 14.5 Å². The van der Waals surface area contributed by atoms with Gasteiger partial charge in [0, 0.05) is 69.2 Å². The molecule has 176 valence electrons. The van der Waals surface area contributed by atoms with Crippen LogP contribution in [-0.2, 0) is 0 Å². The maximum Gasteiger partial charge on any atom is 0.261 e. The average molecular weight is 608 g/mol. The lowest BCUT2D eigenvalue weighted by Gasteiger charge is -2.29. The van der Waals surface area contributed by atoms with E-state index < -0.39 is 0 Å². The zero-order valence-electron chi connectivity index (χ0n) is 18.6. The fraction of sp³-hybridized carbons (Fsp3) is 0.185. The summed E-state index contributed by atoms with van der Waals surface area (Å²) in [6, 6.07) is 7.04. The van der Waals surface area contributed by atoms with E-state index in [2.05, 4.69) is 15.9 Å². The Bertz CT molecular complexity index is 1680. The van der Waals surface area contributed by atoms with Crippen molar-refractivity contribution in [2.45, 2.75) is 26.7 Å². The molecule has 0 spiro atoms. The molecule has 35 heavy (non-hydrogen) atoms. The lowest BCUT2D eigenvalue weighted by molar-refractivity contribution is 0.0608. The molecule has 1 aliphatic heterocycles. The Labute approximate surface area is 229 Å². The van der Waals surface area contributed by atoms with Crippen LogP contribution in [0.2, 0.25) is 20.1 Å². The number of rotatable bonds is 3. The number of nitrogens with zero attached hydrogens (tertiary/aromatic N) is 1. The Hall–Kier alpha value is -1.82. The lowest BCUT2D eigenvalue weighted by atomic mass is 9.84. The fourth-order valence-corrected chi connectivity index (χ4v) is 7.62. The van der Waals surface area contributed by atoms with Gasteiger partial charge in [0.1, 0.15) is 0 Å². The maximum atomic E-state index is 13.5. The van der Waals surface area contributed by atoms with E-state index in [1.165, 1.54) is 4.90 Å². The van der Waals surface area contributed by atoms with Crippen LogP contribution in [0, 0.1) is 6.92 Å². The highest BCUT2D eigenvalue weighted by Gasteiger charge is 2.36. The molecule has 1 aliphatic rings. The number of fused-ring (bicyclic) bond motifs is 2. The van der Waals surface area contributed by atoms with Crippen LogP contribution in [0.15, 0.2) is 28.7 Å². The van der Waals surface area contributed by atoms with Gasteiger partial charge in [-0.2, -0.15) is 0 Å². The van der Waals surface area contributed by atoms with Crippen LogP contribution in [0.25, 0.3) is 43.1 Å². The summed E-state index contributed by atoms with van der Waals surface area (Å²) in [6.45, 7) is 4.33. The predicted molar refractivity (Wildman–Crippen MR) is 150 cm³/mol. The molecule has 0 atom stereocenters. The summed E-state index contributed by atoms with van der Waals surface area (Å²) in [5.41, 5.74) is 1.74. The van der Waals surface area contributed by atoms with Crippen molar-refractivity contribution in [3.05, 3.63) is 65.5 Å². The van der Waals surface area contributed by atoms with E-state index in [1.807, 2.05) is 26.0 Å². The number of carbonyl (C=O) groups excluding carboxylic acids is 2. The molecule has 5 aromatic carbocycles. The average Bonchev–Trinajstić information content (AvgIpc) is 2.79. The summed E-state index contributed by atoms with van der Waals surface area (Å²) in [5, 5.41) is 7.44. The number of hydrogen-bond donors (Lipinski definition) is 0. The van der Waals surface area contributed by atoms with Crippen LogP contribution in [0.4, 0.5) is 0 Å². The lowest BCUT2D eigenvalue weighted by Crippen LogP contribution is -2.41. The Kier molecular flexibility index (Phi) is 5.45. The minimum absolute atomic E-state index is 0.334. The van der Waals surface area contributed by atoms with Crippen molar-refractivity contribution in [3.63, 3.8) is 0 Å². The number of halogens is 5. The predicted octanol–water partition coefficient (Wildman–Crippen LogP) is 9.82. The third-order valence-electron chi connectivity index (χ3n) is 6.95. The molecule has 2 amide bonds. The fourth-order valence-electron chi connectivity index (χ4n) is 5.50. The zero-order valence-corrected chi connectivity index (χ0v) is 23.2. The Morgan fingerprint density at radius 2 is 1.14 bits per heavy atom. The van der Waals surface area contributed by atoms with E-state index in [-0.39, 0.29) is 11.8 Å². The molecule has 3 nitrogen and oxygen atoms in total. The van der Waals surface area contributed by atoms with Crippen LogP contribution < -0.4 is 0 Å². The first-order valence-corrected chi connectivity index (χ1v) is 13.4. The van der Waals surface area contributed by atoms with Crippen molar-refractivity contribution in [1.29, 1.82) is 0 Å². The number of amides is 2. The van der Waals surface area contributed by atoms with E-state index in [4.69, 9.17) is 46.4 Å². The molecule has 5 aromatic rings. The van der Waals surface area contributed by atoms with E-state index in [0.717, 1.165) is 38.0 Å². The van der Waals surface area contributed by atoms with Gasteiger partial charge in [0.15, 0.2) is 0 Å². The smallest absolute Gasteiger partial charge is 0.261 e. The van der Waals surface area contributed by atoms with Gasteiger partial charge < -0.3 is 0 Å². The third kappa shape index (κ3) is 3.04. The number of imide groups is 1. The number of aryl methyl sites for hydroxylation is 1. The van der Waals surface area contributed by atoms with Crippen LogP contribution in [-0.4, -0.2) is 23.3 Å². The highest BCUT2D eigenvalue weighted by Crippen LogP contribution is 2.53. The molecule has 8 heteroatoms. The molecule has 0 N–H and O–H groups in total. The summed E-state index contributed by atoms with van der Waals surface area (Å²) in [7, 11) is 0. The van der Waals surface area contributed by atoms with Gasteiger partial charge in [0.25, 0.3) is 11.8 Å². The molecule has 0 aromatic heterocycles. The van der Waals surface area contributed by atoms with E-state index in [0.29, 0.717) is 65.7 Å². The third-order valence-corrected chi connectivity index (χ3v) is 8.77. The summed E-state index contributed by atoms with van der Waals surface area (Å²) in [5.74, 6) is -0.712. The maximum absolute atomic E-state index is 13.5. The van der Waals surface area contributed by atoms with E-state index in [1.54, 1.807) is 12.1 Å². The molecule has 1 heterocycles. The highest BCUT2D eigenvalue weighted by molar-refractivity contribution is 9.10. The Morgan fingerprint density at radius 1 is 0.686 bits per heavy atom. The summed E-state index contributed by atoms with van der Waals surface area (Å²) >= 11 is 31.2. The molecular weight excluding hydrogens is 592 g/mol. The van der Waals surface area contributed by atoms with Gasteiger partial charge in [-0.1, -0.05) is 75.7 Å². The first-order chi connectivity index (χ1) is 16.7. The summed E-state index contributed by atoms with van der Waals surface area (Å²) < 4.78 is 0.829. The van der Waals surface area contributed by atoms with Crippen molar-refractivity contribution in [2.75, 3.05) is 6.54 Å². The van der Waals surface area contributed by atoms with Gasteiger partial charge in [-0.25, -0.2) is 0 Å². The molecule has 0 radical (unpaired) electrons. The minimum atomic E-state index is -0.356. The van der Waals surface area contributed by atoms with Crippen LogP contribution in [0.3, 0.4) is 0 Å². The monoisotopic (exact) mass is 605 g/mol. The number of benzene rings is 5. The van der Waals surface area contributed by atoms with Crippen molar-refractivity contribution < 1.29 is 9.59 Å². The molecule has 0 aliphatic carbocycles. The summed E-state index contributed by atoms with van der Waals surface area (Å²) in [6.07, 6.45) is 1.56. The van der Waals surface area contributed by atoms with Crippen molar-refractivity contribution in [1.82, 2.24) is 4.90 Å². The van der Waals surface area contributed by atoms with Gasteiger partial charge in [-0.15, -0.1) is 0 Å². The molecule has 0 unspecified atom stereocenters. The molecular formula is C27H16BrCl4NO2. The Balaban J connectivity index is 1.93. The van der Waals surface area contributed by atoms with Crippen molar-refractivity contribution in [3.8, 4) is 0 Å². The van der Waals surface area contributed by atoms with Crippen molar-refractivity contribution in [2.24, 2.45) is 0 Å². The van der Waals surface area contributed by atoms with E-state index in [9.17, 15) is 9.59 Å². The SMILES string of the molecule is CCCCN1C(=O)c2cc(Cl)c3c4c(Cl)cc(C)c5c(Br)cc(Cl)c(c6c(Cl)cc(c2c36)C1=O)c54. The standard InChI is InChI=1S/C27H16BrCl4NO2/c1-3-4-5-33-26(34)11-7-15(30)21-20-14(29)6-10(2)18-13(28)9-17(32)23(24(18)20)22-16(31)8-12(27(33)35)19(11)25(21)22/h6-9H,3-5H2,1-2H3. The highest BCUT2D eigenvalue weighted by atomic mass is 79.9. The molecule has 6 rings (SSSR count). The number of unbranched alkanes of at least 4 members (excludes halogenated alkanes) is 1. The molecule has 0 fully saturated rings. The second kappa shape index (κ2) is 8.09. The number of hydrogen-bond acceptors (Lipinski definition) is 2. The first kappa shape index (κ1) is 23.6. The van der Waals surface area contributed by atoms with Crippen LogP contribution >= 0.6 is 62.3 Å². The normalized spacial score (nSPS) is 14.0. The van der Waals surface area contributed by atoms with Gasteiger partial charge in [-0.05, 0) is 43.2 Å². The van der Waals surface area contributed by atoms with Crippen LogP contribution in [0.1, 0.15) is 46.0 Å². The van der Waals surface area contributed by atoms with E-state index >= 15 is 0 Å². The number of carbonyl (C=O) groups is 2. The second-order valence-corrected chi connectivity index (χ2v) is 11.4. The minimum Gasteiger partial charge on any atom is -0.274 e. The van der Waals surface area contributed by atoms with Crippen LogP contribution in [0.5, 0.6) is 0 Å². The first-order valence-electron chi connectivity index (χ1n) is 11.1. The largest absolute Gasteiger partial charge is 0.274 e. The van der Waals surface area contributed by atoms with Gasteiger partial charge in [0.05, 0.1) is 16.1 Å². The molecule has 0 saturated heterocycles. The Morgan fingerprint density at radius 3 is 1.66 bits per heavy atom. The summed E-state index contributed by atoms with van der Waals surface area (Å²) in [4.78, 5) is 28.3. The quantitative estimate of drug-likeness (QED) is 0.116.